The van der Waals surface area contributed by atoms with Gasteiger partial charge < -0.3 is 19.4 Å². The minimum atomic E-state index is -0.510. The largest absolute Gasteiger partial charge is 0.444 e. The lowest BCUT2D eigenvalue weighted by Gasteiger charge is -2.37. The van der Waals surface area contributed by atoms with Crippen LogP contribution in [0.5, 0.6) is 0 Å². The van der Waals surface area contributed by atoms with Gasteiger partial charge in [0.2, 0.25) is 0 Å². The van der Waals surface area contributed by atoms with Gasteiger partial charge >= 0.3 is 6.09 Å². The maximum Gasteiger partial charge on any atom is 0.410 e. The smallest absolute Gasteiger partial charge is 0.410 e. The van der Waals surface area contributed by atoms with Crippen molar-refractivity contribution in [3.05, 3.63) is 34.1 Å². The molecular formula is C20H31N5O4. The summed E-state index contributed by atoms with van der Waals surface area (Å²) in [7, 11) is 5.62. The van der Waals surface area contributed by atoms with E-state index in [1.54, 1.807) is 28.1 Å². The second-order valence-corrected chi connectivity index (χ2v) is 8.42. The average Bonchev–Trinajstić information content (AvgIpc) is 2.64. The number of amides is 1. The van der Waals surface area contributed by atoms with Crippen LogP contribution in [0.1, 0.15) is 39.3 Å². The monoisotopic (exact) mass is 405 g/mol. The molecule has 0 saturated carbocycles. The Morgan fingerprint density at radius 2 is 1.90 bits per heavy atom. The fraction of sp³-hybridized carbons (Fsp3) is 0.600. The van der Waals surface area contributed by atoms with Crippen molar-refractivity contribution < 1.29 is 14.5 Å². The maximum absolute atomic E-state index is 12.2. The number of carbonyl (C=O) groups is 1. The van der Waals surface area contributed by atoms with Crippen LogP contribution < -0.4 is 4.90 Å². The van der Waals surface area contributed by atoms with Gasteiger partial charge in [-0.3, -0.25) is 10.1 Å². The molecule has 0 aromatic carbocycles. The highest BCUT2D eigenvalue weighted by Gasteiger charge is 2.29. The van der Waals surface area contributed by atoms with Gasteiger partial charge in [-0.05, 0) is 45.8 Å². The normalized spacial score (nSPS) is 15.4. The van der Waals surface area contributed by atoms with E-state index in [1.165, 1.54) is 6.07 Å². The number of aromatic nitrogens is 1. The van der Waals surface area contributed by atoms with Crippen LogP contribution >= 0.6 is 0 Å². The lowest BCUT2D eigenvalue weighted by molar-refractivity contribution is -0.385. The van der Waals surface area contributed by atoms with E-state index in [2.05, 4.69) is 4.98 Å². The maximum atomic E-state index is 12.2. The summed E-state index contributed by atoms with van der Waals surface area (Å²) >= 11 is 0. The third-order valence-corrected chi connectivity index (χ3v) is 4.64. The van der Waals surface area contributed by atoms with Gasteiger partial charge in [0.1, 0.15) is 17.1 Å². The summed E-state index contributed by atoms with van der Waals surface area (Å²) in [5.74, 6) is 0.671. The van der Waals surface area contributed by atoms with E-state index in [0.717, 1.165) is 12.8 Å². The van der Waals surface area contributed by atoms with Crippen molar-refractivity contribution in [1.29, 1.82) is 0 Å². The van der Waals surface area contributed by atoms with E-state index in [-0.39, 0.29) is 17.8 Å². The van der Waals surface area contributed by atoms with Crippen LogP contribution in [-0.4, -0.2) is 71.7 Å². The highest BCUT2D eigenvalue weighted by Crippen LogP contribution is 2.26. The summed E-state index contributed by atoms with van der Waals surface area (Å²) in [5, 5.41) is 11.3. The number of anilines is 1. The van der Waals surface area contributed by atoms with Gasteiger partial charge in [0.15, 0.2) is 0 Å². The number of piperidine rings is 1. The Morgan fingerprint density at radius 1 is 1.28 bits per heavy atom. The van der Waals surface area contributed by atoms with Gasteiger partial charge in [-0.2, -0.15) is 0 Å². The van der Waals surface area contributed by atoms with Gasteiger partial charge in [-0.1, -0.05) is 0 Å². The van der Waals surface area contributed by atoms with Crippen LogP contribution in [0.3, 0.4) is 0 Å². The van der Waals surface area contributed by atoms with Crippen molar-refractivity contribution in [2.24, 2.45) is 0 Å². The first-order valence-corrected chi connectivity index (χ1v) is 9.69. The van der Waals surface area contributed by atoms with E-state index in [4.69, 9.17) is 4.74 Å². The summed E-state index contributed by atoms with van der Waals surface area (Å²) in [6, 6.07) is 3.35. The molecule has 160 valence electrons. The minimum absolute atomic E-state index is 0.0278. The summed E-state index contributed by atoms with van der Waals surface area (Å²) in [6.45, 7) is 6.77. The van der Waals surface area contributed by atoms with Crippen molar-refractivity contribution in [3.63, 3.8) is 0 Å². The highest BCUT2D eigenvalue weighted by atomic mass is 16.6. The topological polar surface area (TPSA) is 92.1 Å². The van der Waals surface area contributed by atoms with Crippen molar-refractivity contribution in [1.82, 2.24) is 14.8 Å². The molecule has 1 aliphatic rings. The molecule has 0 aliphatic carbocycles. The van der Waals surface area contributed by atoms with Crippen molar-refractivity contribution in [2.75, 3.05) is 39.1 Å². The molecule has 1 aromatic rings. The Bertz CT molecular complexity index is 765. The number of likely N-dealkylation sites (tertiary alicyclic amines) is 1. The van der Waals surface area contributed by atoms with E-state index in [9.17, 15) is 14.9 Å². The Hall–Kier alpha value is -2.84. The van der Waals surface area contributed by atoms with Crippen molar-refractivity contribution in [2.45, 2.75) is 45.3 Å². The van der Waals surface area contributed by atoms with Crippen LogP contribution in [0.25, 0.3) is 6.08 Å². The van der Waals surface area contributed by atoms with Gasteiger partial charge in [0.05, 0.1) is 4.92 Å². The first-order chi connectivity index (χ1) is 13.5. The Balaban J connectivity index is 2.09. The molecule has 0 N–H and O–H groups in total. The fourth-order valence-electron chi connectivity index (χ4n) is 3.10. The average molecular weight is 405 g/mol. The number of carbonyl (C=O) groups excluding carboxylic acids is 1. The molecule has 0 radical (unpaired) electrons. The van der Waals surface area contributed by atoms with Crippen LogP contribution in [-0.2, 0) is 4.74 Å². The first kappa shape index (κ1) is 22.4. The third-order valence-electron chi connectivity index (χ3n) is 4.64. The molecule has 2 heterocycles. The van der Waals surface area contributed by atoms with Gasteiger partial charge in [0.25, 0.3) is 5.69 Å². The molecule has 0 spiro atoms. The number of hydrogen-bond donors (Lipinski definition) is 0. The molecular weight excluding hydrogens is 374 g/mol. The predicted octanol–water partition coefficient (Wildman–Crippen LogP) is 3.36. The zero-order valence-electron chi connectivity index (χ0n) is 18.1. The van der Waals surface area contributed by atoms with Gasteiger partial charge in [0, 0.05) is 52.5 Å². The number of rotatable bonds is 5. The molecule has 0 atom stereocenters. The number of nitrogens with zero attached hydrogens (tertiary/aromatic N) is 5. The van der Waals surface area contributed by atoms with Crippen molar-refractivity contribution in [3.8, 4) is 0 Å². The number of hydrogen-bond acceptors (Lipinski definition) is 7. The van der Waals surface area contributed by atoms with E-state index in [0.29, 0.717) is 24.6 Å². The Morgan fingerprint density at radius 3 is 2.41 bits per heavy atom. The molecule has 1 saturated heterocycles. The summed E-state index contributed by atoms with van der Waals surface area (Å²) in [6.07, 6.45) is 4.64. The molecule has 0 unspecified atom stereocenters. The Kier molecular flexibility index (Phi) is 7.05. The van der Waals surface area contributed by atoms with Crippen LogP contribution in [0, 0.1) is 10.1 Å². The van der Waals surface area contributed by atoms with E-state index >= 15 is 0 Å². The first-order valence-electron chi connectivity index (χ1n) is 9.69. The molecule has 2 rings (SSSR count). The summed E-state index contributed by atoms with van der Waals surface area (Å²) in [4.78, 5) is 33.2. The molecule has 9 nitrogen and oxygen atoms in total. The standard InChI is InChI=1S/C20H31N5O4/c1-20(2,3)29-19(26)24-13-9-15(10-14-24)23(6)18-8-7-17(25(27)28)16(21-18)11-12-22(4)5/h7-8,11-12,15H,9-10,13-14H2,1-6H3/b12-11+. The lowest BCUT2D eigenvalue weighted by atomic mass is 10.0. The highest BCUT2D eigenvalue weighted by molar-refractivity contribution is 5.68. The van der Waals surface area contributed by atoms with Crippen molar-refractivity contribution >= 4 is 23.7 Å². The van der Waals surface area contributed by atoms with E-state index < -0.39 is 10.5 Å². The van der Waals surface area contributed by atoms with Crippen LogP contribution in [0.15, 0.2) is 18.3 Å². The second-order valence-electron chi connectivity index (χ2n) is 8.42. The van der Waals surface area contributed by atoms with Gasteiger partial charge in [-0.15, -0.1) is 0 Å². The summed E-state index contributed by atoms with van der Waals surface area (Å²) < 4.78 is 5.44. The zero-order chi connectivity index (χ0) is 21.8. The van der Waals surface area contributed by atoms with E-state index in [1.807, 2.05) is 46.8 Å². The Labute approximate surface area is 172 Å². The third kappa shape index (κ3) is 6.33. The number of pyridine rings is 1. The predicted molar refractivity (Wildman–Crippen MR) is 113 cm³/mol. The molecule has 1 aromatic heterocycles. The van der Waals surface area contributed by atoms with Gasteiger partial charge in [-0.25, -0.2) is 9.78 Å². The van der Waals surface area contributed by atoms with Crippen LogP contribution in [0.4, 0.5) is 16.3 Å². The minimum Gasteiger partial charge on any atom is -0.444 e. The molecule has 29 heavy (non-hydrogen) atoms. The quantitative estimate of drug-likeness (QED) is 0.548. The molecule has 1 amide bonds. The summed E-state index contributed by atoms with van der Waals surface area (Å²) in [5.41, 5.74) is -0.219. The SMILES string of the molecule is CN(C)/C=C/c1nc(N(C)C2CCN(C(=O)OC(C)(C)C)CC2)ccc1[N+](=O)[O-]. The number of ether oxygens (including phenoxy) is 1. The van der Waals surface area contributed by atoms with Crippen LogP contribution in [0.2, 0.25) is 0 Å². The fourth-order valence-corrected chi connectivity index (χ4v) is 3.10. The molecule has 9 heteroatoms. The molecule has 1 aliphatic heterocycles. The zero-order valence-corrected chi connectivity index (χ0v) is 18.1. The second kappa shape index (κ2) is 9.11. The lowest BCUT2D eigenvalue weighted by Crippen LogP contribution is -2.47. The number of nitro groups is 1. The molecule has 0 bridgehead atoms. The molecule has 1 fully saturated rings.